The number of benzene rings is 2. The Morgan fingerprint density at radius 3 is 1.65 bits per heavy atom. The average Bonchev–Trinajstić information content (AvgIpc) is 3.31. The van der Waals surface area contributed by atoms with E-state index in [2.05, 4.69) is 76.0 Å². The van der Waals surface area contributed by atoms with E-state index in [1.54, 1.807) is 0 Å². The summed E-state index contributed by atoms with van der Waals surface area (Å²) in [6.45, 7) is 0. The SMILES string of the molecule is OC(c1nnn(-c2cccc(I)c2)n1)c1nnn(-c2cccc(I)c2)n1. The number of halogens is 2. The summed E-state index contributed by atoms with van der Waals surface area (Å²) in [7, 11) is 0. The number of rotatable bonds is 4. The molecule has 0 bridgehead atoms. The van der Waals surface area contributed by atoms with E-state index >= 15 is 0 Å². The second-order valence-corrected chi connectivity index (χ2v) is 7.73. The van der Waals surface area contributed by atoms with E-state index in [1.165, 1.54) is 9.59 Å². The van der Waals surface area contributed by atoms with Crippen molar-refractivity contribution in [2.75, 3.05) is 0 Å². The summed E-state index contributed by atoms with van der Waals surface area (Å²) >= 11 is 4.40. The van der Waals surface area contributed by atoms with E-state index in [1.807, 2.05) is 48.5 Å². The highest BCUT2D eigenvalue weighted by Crippen LogP contribution is 2.17. The van der Waals surface area contributed by atoms with Crippen LogP contribution in [0.4, 0.5) is 0 Å². The van der Waals surface area contributed by atoms with Crippen molar-refractivity contribution in [2.24, 2.45) is 0 Å². The van der Waals surface area contributed by atoms with Gasteiger partial charge in [0.15, 0.2) is 6.10 Å². The van der Waals surface area contributed by atoms with Gasteiger partial charge in [-0.2, -0.15) is 0 Å². The van der Waals surface area contributed by atoms with E-state index in [4.69, 9.17) is 0 Å². The lowest BCUT2D eigenvalue weighted by Gasteiger charge is -2.01. The summed E-state index contributed by atoms with van der Waals surface area (Å²) in [4.78, 5) is 2.70. The largest absolute Gasteiger partial charge is 0.377 e. The van der Waals surface area contributed by atoms with Crippen LogP contribution in [-0.2, 0) is 0 Å². The van der Waals surface area contributed by atoms with Crippen LogP contribution in [0.5, 0.6) is 0 Å². The quantitative estimate of drug-likeness (QED) is 0.373. The Labute approximate surface area is 174 Å². The molecule has 0 spiro atoms. The predicted octanol–water partition coefficient (Wildman–Crippen LogP) is 1.93. The fourth-order valence-electron chi connectivity index (χ4n) is 2.20. The van der Waals surface area contributed by atoms with Crippen molar-refractivity contribution in [3.05, 3.63) is 67.3 Å². The minimum absolute atomic E-state index is 0.103. The Bertz CT molecular complexity index is 979. The van der Waals surface area contributed by atoms with E-state index in [0.717, 1.165) is 18.5 Å². The number of aliphatic hydroxyl groups is 1. The molecular weight excluding hydrogens is 562 g/mol. The minimum atomic E-state index is -1.22. The van der Waals surface area contributed by atoms with Gasteiger partial charge >= 0.3 is 0 Å². The van der Waals surface area contributed by atoms with Crippen LogP contribution in [0.15, 0.2) is 48.5 Å². The van der Waals surface area contributed by atoms with Gasteiger partial charge in [-0.1, -0.05) is 12.1 Å². The number of hydrogen-bond donors (Lipinski definition) is 1. The third-order valence-corrected chi connectivity index (χ3v) is 4.77. The Kier molecular flexibility index (Phi) is 4.90. The number of hydrogen-bond acceptors (Lipinski definition) is 7. The standard InChI is InChI=1S/C15H10I2N8O/c16-9-3-1-5-11(7-9)24-20-14(18-22-24)13(26)15-19-23-25(21-15)12-6-2-4-10(17)8-12/h1-8,13,26H. The maximum absolute atomic E-state index is 10.5. The minimum Gasteiger partial charge on any atom is -0.377 e. The summed E-state index contributed by atoms with van der Waals surface area (Å²) in [6, 6.07) is 15.2. The maximum atomic E-state index is 10.5. The van der Waals surface area contributed by atoms with Gasteiger partial charge in [-0.3, -0.25) is 0 Å². The van der Waals surface area contributed by atoms with Gasteiger partial charge in [-0.25, -0.2) is 0 Å². The zero-order chi connectivity index (χ0) is 18.1. The fraction of sp³-hybridized carbons (Fsp3) is 0.0667. The first kappa shape index (κ1) is 17.4. The van der Waals surface area contributed by atoms with E-state index < -0.39 is 6.10 Å². The van der Waals surface area contributed by atoms with Gasteiger partial charge in [0.25, 0.3) is 0 Å². The van der Waals surface area contributed by atoms with Crippen LogP contribution >= 0.6 is 45.2 Å². The number of tetrazole rings is 2. The van der Waals surface area contributed by atoms with E-state index in [-0.39, 0.29) is 11.6 Å². The molecule has 0 amide bonds. The summed E-state index contributed by atoms with van der Waals surface area (Å²) in [5.74, 6) is 0.206. The van der Waals surface area contributed by atoms with Gasteiger partial charge < -0.3 is 5.11 Å². The van der Waals surface area contributed by atoms with Gasteiger partial charge in [-0.05, 0) is 92.0 Å². The van der Waals surface area contributed by atoms with Crippen LogP contribution < -0.4 is 0 Å². The lowest BCUT2D eigenvalue weighted by atomic mass is 10.3. The van der Waals surface area contributed by atoms with Crippen LogP contribution in [0.3, 0.4) is 0 Å². The molecule has 26 heavy (non-hydrogen) atoms. The zero-order valence-electron chi connectivity index (χ0n) is 13.0. The summed E-state index contributed by atoms with van der Waals surface area (Å²) in [6.07, 6.45) is -1.22. The molecule has 1 N–H and O–H groups in total. The number of aliphatic hydroxyl groups excluding tert-OH is 1. The second-order valence-electron chi connectivity index (χ2n) is 5.24. The molecule has 4 rings (SSSR count). The molecule has 2 heterocycles. The highest BCUT2D eigenvalue weighted by molar-refractivity contribution is 14.1. The second kappa shape index (κ2) is 7.32. The van der Waals surface area contributed by atoms with E-state index in [0.29, 0.717) is 0 Å². The van der Waals surface area contributed by atoms with E-state index in [9.17, 15) is 5.11 Å². The lowest BCUT2D eigenvalue weighted by molar-refractivity contribution is 0.199. The van der Waals surface area contributed by atoms with Crippen molar-refractivity contribution in [1.29, 1.82) is 0 Å². The molecule has 0 unspecified atom stereocenters. The van der Waals surface area contributed by atoms with Gasteiger partial charge in [0.1, 0.15) is 0 Å². The van der Waals surface area contributed by atoms with Crippen molar-refractivity contribution in [1.82, 2.24) is 40.4 Å². The van der Waals surface area contributed by atoms with Gasteiger partial charge in [0.2, 0.25) is 11.6 Å². The smallest absolute Gasteiger partial charge is 0.211 e. The first-order valence-corrected chi connectivity index (χ1v) is 9.56. The molecule has 0 radical (unpaired) electrons. The van der Waals surface area contributed by atoms with Crippen molar-refractivity contribution in [2.45, 2.75) is 6.10 Å². The third kappa shape index (κ3) is 3.59. The molecule has 2 aromatic carbocycles. The monoisotopic (exact) mass is 572 g/mol. The third-order valence-electron chi connectivity index (χ3n) is 3.43. The Hall–Kier alpha value is -2.00. The number of aromatic nitrogens is 8. The normalized spacial score (nSPS) is 11.2. The Balaban J connectivity index is 1.60. The van der Waals surface area contributed by atoms with Gasteiger partial charge in [0, 0.05) is 7.14 Å². The molecule has 0 atom stereocenters. The molecule has 4 aromatic rings. The van der Waals surface area contributed by atoms with Gasteiger partial charge in [-0.15, -0.1) is 30.0 Å². The van der Waals surface area contributed by atoms with Crippen LogP contribution in [0.1, 0.15) is 17.8 Å². The van der Waals surface area contributed by atoms with Crippen molar-refractivity contribution in [3.8, 4) is 11.4 Å². The maximum Gasteiger partial charge on any atom is 0.211 e. The Morgan fingerprint density at radius 1 is 0.769 bits per heavy atom. The molecular formula is C15H10I2N8O. The van der Waals surface area contributed by atoms with Crippen LogP contribution in [0.25, 0.3) is 11.4 Å². The van der Waals surface area contributed by atoms with Crippen molar-refractivity contribution >= 4 is 45.2 Å². The summed E-state index contributed by atoms with van der Waals surface area (Å²) in [5.41, 5.74) is 1.50. The number of nitrogens with zero attached hydrogens (tertiary/aromatic N) is 8. The molecule has 130 valence electrons. The van der Waals surface area contributed by atoms with Crippen molar-refractivity contribution in [3.63, 3.8) is 0 Å². The fourth-order valence-corrected chi connectivity index (χ4v) is 3.26. The summed E-state index contributed by atoms with van der Waals surface area (Å²) in [5, 5.41) is 34.7. The lowest BCUT2D eigenvalue weighted by Crippen LogP contribution is -2.07. The highest BCUT2D eigenvalue weighted by atomic mass is 127. The molecule has 9 nitrogen and oxygen atoms in total. The predicted molar refractivity (Wildman–Crippen MR) is 108 cm³/mol. The first-order valence-electron chi connectivity index (χ1n) is 7.40. The first-order chi connectivity index (χ1) is 12.6. The Morgan fingerprint density at radius 2 is 1.23 bits per heavy atom. The molecule has 11 heteroatoms. The van der Waals surface area contributed by atoms with Gasteiger partial charge in [0.05, 0.1) is 11.4 Å². The molecule has 0 aliphatic rings. The topological polar surface area (TPSA) is 107 Å². The average molecular weight is 572 g/mol. The summed E-state index contributed by atoms with van der Waals surface area (Å²) < 4.78 is 2.09. The van der Waals surface area contributed by atoms with Crippen molar-refractivity contribution < 1.29 is 5.11 Å². The van der Waals surface area contributed by atoms with Crippen LogP contribution in [0.2, 0.25) is 0 Å². The molecule has 0 aliphatic heterocycles. The molecule has 2 aromatic heterocycles. The zero-order valence-corrected chi connectivity index (χ0v) is 17.3. The van der Waals surface area contributed by atoms with Crippen LogP contribution in [0, 0.1) is 7.14 Å². The molecule has 0 aliphatic carbocycles. The molecule has 0 saturated heterocycles. The molecule has 0 saturated carbocycles. The van der Waals surface area contributed by atoms with Crippen LogP contribution in [-0.4, -0.2) is 45.5 Å². The molecule has 0 fully saturated rings. The highest BCUT2D eigenvalue weighted by Gasteiger charge is 2.22.